The van der Waals surface area contributed by atoms with Gasteiger partial charge in [0.2, 0.25) is 0 Å². The molecule has 0 heterocycles. The smallest absolute Gasteiger partial charge is 0.323 e. The van der Waals surface area contributed by atoms with Crippen LogP contribution in [0.4, 0.5) is 0 Å². The van der Waals surface area contributed by atoms with Crippen molar-refractivity contribution in [1.29, 1.82) is 0 Å². The Kier molecular flexibility index (Phi) is 15.6. The number of hydrogen-bond acceptors (Lipinski definition) is 6. The summed E-state index contributed by atoms with van der Waals surface area (Å²) in [7, 11) is 0. The van der Waals surface area contributed by atoms with E-state index in [2.05, 4.69) is 6.58 Å². The number of esters is 2. The second kappa shape index (κ2) is 15.3. The normalized spacial score (nSPS) is 14.3. The molecule has 29 heavy (non-hydrogen) atoms. The summed E-state index contributed by atoms with van der Waals surface area (Å²) in [6.45, 7) is 23.2. The highest BCUT2D eigenvalue weighted by molar-refractivity contribution is 6.01. The maximum absolute atomic E-state index is 11.9. The molecule has 1 saturated carbocycles. The Labute approximate surface area is 178 Å². The van der Waals surface area contributed by atoms with Crippen molar-refractivity contribution in [2.45, 2.75) is 113 Å². The highest BCUT2D eigenvalue weighted by Crippen LogP contribution is 2.43. The number of carbonyl (C=O) groups excluding carboxylic acids is 2. The summed E-state index contributed by atoms with van der Waals surface area (Å²) in [5.74, 6) is -0.160. The predicted molar refractivity (Wildman–Crippen MR) is 117 cm³/mol. The number of rotatable bonds is 9. The molecule has 0 aromatic heterocycles. The first-order chi connectivity index (χ1) is 13.4. The molecule has 172 valence electrons. The van der Waals surface area contributed by atoms with Gasteiger partial charge in [-0.05, 0) is 74.7 Å². The van der Waals surface area contributed by atoms with Crippen LogP contribution in [0.3, 0.4) is 0 Å². The summed E-state index contributed by atoms with van der Waals surface area (Å²) in [5, 5.41) is 0. The zero-order valence-electron chi connectivity index (χ0n) is 20.3. The first-order valence-electron chi connectivity index (χ1n) is 10.8. The van der Waals surface area contributed by atoms with Crippen LogP contribution in [0.15, 0.2) is 12.3 Å². The van der Waals surface area contributed by atoms with Gasteiger partial charge in [-0.1, -0.05) is 20.4 Å². The molecule has 6 nitrogen and oxygen atoms in total. The molecule has 0 aromatic carbocycles. The zero-order valence-corrected chi connectivity index (χ0v) is 20.3. The van der Waals surface area contributed by atoms with Gasteiger partial charge in [-0.15, -0.1) is 0 Å². The Morgan fingerprint density at radius 1 is 0.759 bits per heavy atom. The fourth-order valence-electron chi connectivity index (χ4n) is 2.30. The first kappa shape index (κ1) is 29.6. The van der Waals surface area contributed by atoms with E-state index in [1.165, 1.54) is 0 Å². The minimum atomic E-state index is -1.02. The Morgan fingerprint density at radius 2 is 1.14 bits per heavy atom. The summed E-state index contributed by atoms with van der Waals surface area (Å²) < 4.78 is 20.8. The number of hydrogen-bond donors (Lipinski definition) is 0. The van der Waals surface area contributed by atoms with Gasteiger partial charge >= 0.3 is 11.9 Å². The lowest BCUT2D eigenvalue weighted by Gasteiger charge is -2.37. The molecule has 0 spiro atoms. The lowest BCUT2D eigenvalue weighted by Crippen LogP contribution is -2.48. The molecule has 1 aliphatic rings. The van der Waals surface area contributed by atoms with Crippen LogP contribution in [0.25, 0.3) is 0 Å². The fraction of sp³-hybridized carbons (Fsp3) is 0.826. The van der Waals surface area contributed by atoms with E-state index in [4.69, 9.17) is 18.9 Å². The van der Waals surface area contributed by atoms with Crippen LogP contribution in [0.5, 0.6) is 0 Å². The van der Waals surface area contributed by atoms with Crippen LogP contribution in [-0.2, 0) is 28.5 Å². The highest BCUT2D eigenvalue weighted by Gasteiger charge is 2.54. The van der Waals surface area contributed by atoms with Gasteiger partial charge in [0.15, 0.2) is 5.41 Å². The van der Waals surface area contributed by atoms with E-state index in [1.54, 1.807) is 27.7 Å². The zero-order chi connectivity index (χ0) is 23.2. The van der Waals surface area contributed by atoms with Gasteiger partial charge in [0.25, 0.3) is 0 Å². The molecule has 0 aromatic rings. The van der Waals surface area contributed by atoms with E-state index in [1.807, 2.05) is 41.5 Å². The Balaban J connectivity index is 0. The molecule has 6 heteroatoms. The summed E-state index contributed by atoms with van der Waals surface area (Å²) in [4.78, 5) is 23.7. The molecule has 0 radical (unpaired) electrons. The Morgan fingerprint density at radius 3 is 1.38 bits per heavy atom. The lowest BCUT2D eigenvalue weighted by atomic mass is 9.68. The van der Waals surface area contributed by atoms with Crippen molar-refractivity contribution in [3.05, 3.63) is 12.3 Å². The maximum atomic E-state index is 11.9. The molecule has 0 unspecified atom stereocenters. The molecule has 0 N–H and O–H groups in total. The van der Waals surface area contributed by atoms with Crippen molar-refractivity contribution < 1.29 is 28.5 Å². The first-order valence-corrected chi connectivity index (χ1v) is 10.8. The van der Waals surface area contributed by atoms with E-state index < -0.39 is 17.4 Å². The Hall–Kier alpha value is -1.56. The van der Waals surface area contributed by atoms with Crippen molar-refractivity contribution >= 4 is 11.9 Å². The third kappa shape index (κ3) is 12.6. The predicted octanol–water partition coefficient (Wildman–Crippen LogP) is 5.44. The number of ether oxygens (including phenoxy) is 4. The Bertz CT molecular complexity index is 452. The summed E-state index contributed by atoms with van der Waals surface area (Å²) in [5.41, 5.74) is -1.02. The van der Waals surface area contributed by atoms with E-state index >= 15 is 0 Å². The summed E-state index contributed by atoms with van der Waals surface area (Å²) in [6, 6.07) is 0. The van der Waals surface area contributed by atoms with Gasteiger partial charge < -0.3 is 18.9 Å². The van der Waals surface area contributed by atoms with Crippen molar-refractivity contribution in [1.82, 2.24) is 0 Å². The minimum absolute atomic E-state index is 0.193. The lowest BCUT2D eigenvalue weighted by molar-refractivity contribution is -0.184. The van der Waals surface area contributed by atoms with Crippen molar-refractivity contribution in [3.63, 3.8) is 0 Å². The van der Waals surface area contributed by atoms with Crippen LogP contribution in [0.2, 0.25) is 0 Å². The summed E-state index contributed by atoms with van der Waals surface area (Å²) in [6.07, 6.45) is 2.00. The average Bonchev–Trinajstić information content (AvgIpc) is 2.52. The molecule has 1 rings (SSSR count). The van der Waals surface area contributed by atoms with Crippen LogP contribution in [-0.4, -0.2) is 43.0 Å². The van der Waals surface area contributed by atoms with Gasteiger partial charge in [-0.2, -0.15) is 0 Å². The standard InChI is InChI=1S/C12H20O4.C9H18O2.C2H6/c1-8(2)15-10(13)12(6-5-7-12)11(14)16-9(3)4;1-7(2)10-6-9(5)11-8(3)4;1-2/h8-9H,5-7H2,1-4H3;7-8H,5-6H2,1-4H3;1-2H3. The molecule has 0 bridgehead atoms. The molecule has 0 aliphatic heterocycles. The second-order valence-corrected chi connectivity index (χ2v) is 7.91. The SMILES string of the molecule is C=C(COC(C)C)OC(C)C.CC.CC(C)OC(=O)C1(C(=O)OC(C)C)CCC1. The number of carbonyl (C=O) groups is 2. The minimum Gasteiger partial charge on any atom is -0.494 e. The largest absolute Gasteiger partial charge is 0.494 e. The second-order valence-electron chi connectivity index (χ2n) is 7.91. The quantitative estimate of drug-likeness (QED) is 0.283. The van der Waals surface area contributed by atoms with E-state index in [-0.39, 0.29) is 24.4 Å². The van der Waals surface area contributed by atoms with Crippen LogP contribution < -0.4 is 0 Å². The molecule has 0 saturated heterocycles. The average molecular weight is 417 g/mol. The van der Waals surface area contributed by atoms with Crippen molar-refractivity contribution in [2.75, 3.05) is 6.61 Å². The summed E-state index contributed by atoms with van der Waals surface area (Å²) >= 11 is 0. The van der Waals surface area contributed by atoms with E-state index in [0.717, 1.165) is 6.42 Å². The molecular formula is C23H44O6. The molecular weight excluding hydrogens is 372 g/mol. The third-order valence-corrected chi connectivity index (χ3v) is 3.65. The van der Waals surface area contributed by atoms with Gasteiger partial charge in [0.05, 0.1) is 24.4 Å². The van der Waals surface area contributed by atoms with Crippen LogP contribution in [0, 0.1) is 5.41 Å². The van der Waals surface area contributed by atoms with Crippen molar-refractivity contribution in [3.8, 4) is 0 Å². The van der Waals surface area contributed by atoms with Crippen molar-refractivity contribution in [2.24, 2.45) is 5.41 Å². The van der Waals surface area contributed by atoms with Gasteiger partial charge in [0, 0.05) is 0 Å². The molecule has 1 fully saturated rings. The molecule has 1 aliphatic carbocycles. The topological polar surface area (TPSA) is 71.1 Å². The van der Waals surface area contributed by atoms with Gasteiger partial charge in [-0.25, -0.2) is 0 Å². The van der Waals surface area contributed by atoms with E-state index in [9.17, 15) is 9.59 Å². The van der Waals surface area contributed by atoms with Gasteiger partial charge in [-0.3, -0.25) is 9.59 Å². The van der Waals surface area contributed by atoms with Crippen LogP contribution in [0.1, 0.15) is 88.5 Å². The highest BCUT2D eigenvalue weighted by atomic mass is 16.6. The fourth-order valence-corrected chi connectivity index (χ4v) is 2.30. The molecule has 0 amide bonds. The van der Waals surface area contributed by atoms with E-state index in [0.29, 0.717) is 25.2 Å². The molecule has 0 atom stereocenters. The van der Waals surface area contributed by atoms with Crippen LogP contribution >= 0.6 is 0 Å². The monoisotopic (exact) mass is 416 g/mol. The van der Waals surface area contributed by atoms with Gasteiger partial charge in [0.1, 0.15) is 12.4 Å². The third-order valence-electron chi connectivity index (χ3n) is 3.65. The maximum Gasteiger partial charge on any atom is 0.323 e.